The number of rotatable bonds is 6. The van der Waals surface area contributed by atoms with Gasteiger partial charge in [0, 0.05) is 31.2 Å². The minimum atomic E-state index is 0.814. The van der Waals surface area contributed by atoms with E-state index in [9.17, 15) is 0 Å². The summed E-state index contributed by atoms with van der Waals surface area (Å²) in [5.74, 6) is 0. The minimum absolute atomic E-state index is 0.814. The first-order valence-electron chi connectivity index (χ1n) is 7.41. The zero-order valence-corrected chi connectivity index (χ0v) is 11.8. The van der Waals surface area contributed by atoms with Crippen molar-refractivity contribution in [3.05, 3.63) is 0 Å². The lowest BCUT2D eigenvalue weighted by Gasteiger charge is -2.36. The topological polar surface area (TPSA) is 18.5 Å². The second-order valence-electron chi connectivity index (χ2n) is 5.77. The molecule has 2 aliphatic rings. The molecule has 2 fully saturated rings. The van der Waals surface area contributed by atoms with E-state index in [1.165, 1.54) is 51.9 Å². The fourth-order valence-corrected chi connectivity index (χ4v) is 3.41. The maximum absolute atomic E-state index is 3.73. The molecule has 0 aliphatic carbocycles. The lowest BCUT2D eigenvalue weighted by molar-refractivity contribution is 0.151. The first-order chi connectivity index (χ1) is 8.22. The highest BCUT2D eigenvalue weighted by Crippen LogP contribution is 2.29. The van der Waals surface area contributed by atoms with E-state index in [0.29, 0.717) is 0 Å². The van der Waals surface area contributed by atoms with Gasteiger partial charge < -0.3 is 15.1 Å². The lowest BCUT2D eigenvalue weighted by Crippen LogP contribution is -2.48. The molecule has 2 bridgehead atoms. The average Bonchev–Trinajstić information content (AvgIpc) is 2.69. The van der Waals surface area contributed by atoms with E-state index >= 15 is 0 Å². The maximum atomic E-state index is 3.73. The molecule has 0 saturated carbocycles. The number of hydrogen-bond acceptors (Lipinski definition) is 3. The van der Waals surface area contributed by atoms with E-state index < -0.39 is 0 Å². The average molecular weight is 239 g/mol. The Balaban J connectivity index is 1.74. The molecule has 3 heteroatoms. The molecule has 0 aromatic rings. The second kappa shape index (κ2) is 6.17. The van der Waals surface area contributed by atoms with Crippen molar-refractivity contribution in [3.63, 3.8) is 0 Å². The summed E-state index contributed by atoms with van der Waals surface area (Å²) >= 11 is 0. The zero-order chi connectivity index (χ0) is 12.3. The maximum Gasteiger partial charge on any atom is 0.0122 e. The molecule has 0 amide bonds. The Morgan fingerprint density at radius 2 is 1.59 bits per heavy atom. The van der Waals surface area contributed by atoms with Gasteiger partial charge in [0.25, 0.3) is 0 Å². The monoisotopic (exact) mass is 239 g/mol. The second-order valence-corrected chi connectivity index (χ2v) is 5.77. The molecule has 0 aromatic carbocycles. The predicted molar refractivity (Wildman–Crippen MR) is 73.4 cm³/mol. The molecule has 2 rings (SSSR count). The Kier molecular flexibility index (Phi) is 4.83. The van der Waals surface area contributed by atoms with Gasteiger partial charge in [0.15, 0.2) is 0 Å². The van der Waals surface area contributed by atoms with Crippen LogP contribution in [0.5, 0.6) is 0 Å². The Labute approximate surface area is 107 Å². The van der Waals surface area contributed by atoms with Gasteiger partial charge in [0.1, 0.15) is 0 Å². The predicted octanol–water partition coefficient (Wildman–Crippen LogP) is 1.54. The highest BCUT2D eigenvalue weighted by Gasteiger charge is 2.34. The number of nitrogens with one attached hydrogen (secondary N) is 1. The Bertz CT molecular complexity index is 216. The van der Waals surface area contributed by atoms with Crippen LogP contribution in [0, 0.1) is 0 Å². The standard InChI is InChI=1S/C14H29N3/c1-4-17(5-2)9-8-16(3)14-10-12-6-7-13(11-14)15-12/h12-15H,4-11H2,1-3H3. The van der Waals surface area contributed by atoms with Crippen molar-refractivity contribution in [3.8, 4) is 0 Å². The molecule has 0 aromatic heterocycles. The normalized spacial score (nSPS) is 32.6. The van der Waals surface area contributed by atoms with Gasteiger partial charge in [0.05, 0.1) is 0 Å². The van der Waals surface area contributed by atoms with E-state index in [2.05, 4.69) is 36.0 Å². The quantitative estimate of drug-likeness (QED) is 0.758. The molecule has 2 unspecified atom stereocenters. The number of fused-ring (bicyclic) bond motifs is 2. The third-order valence-electron chi connectivity index (χ3n) is 4.73. The van der Waals surface area contributed by atoms with E-state index in [-0.39, 0.29) is 0 Å². The lowest BCUT2D eigenvalue weighted by atomic mass is 9.98. The summed E-state index contributed by atoms with van der Waals surface area (Å²) in [5, 5.41) is 3.73. The van der Waals surface area contributed by atoms with Crippen LogP contribution < -0.4 is 5.32 Å². The van der Waals surface area contributed by atoms with Gasteiger partial charge in [-0.3, -0.25) is 0 Å². The largest absolute Gasteiger partial charge is 0.311 e. The molecule has 0 radical (unpaired) electrons. The van der Waals surface area contributed by atoms with Crippen LogP contribution in [0.1, 0.15) is 39.5 Å². The van der Waals surface area contributed by atoms with Crippen LogP contribution >= 0.6 is 0 Å². The Hall–Kier alpha value is -0.120. The molecule has 1 N–H and O–H groups in total. The zero-order valence-electron chi connectivity index (χ0n) is 11.8. The van der Waals surface area contributed by atoms with Gasteiger partial charge in [-0.05, 0) is 45.8 Å². The minimum Gasteiger partial charge on any atom is -0.311 e. The van der Waals surface area contributed by atoms with Crippen molar-refractivity contribution in [2.24, 2.45) is 0 Å². The number of piperidine rings is 1. The summed E-state index contributed by atoms with van der Waals surface area (Å²) in [7, 11) is 2.32. The van der Waals surface area contributed by atoms with E-state index in [1.54, 1.807) is 0 Å². The molecule has 17 heavy (non-hydrogen) atoms. The van der Waals surface area contributed by atoms with Gasteiger partial charge in [-0.15, -0.1) is 0 Å². The summed E-state index contributed by atoms with van der Waals surface area (Å²) in [6.45, 7) is 9.33. The van der Waals surface area contributed by atoms with E-state index in [4.69, 9.17) is 0 Å². The highest BCUT2D eigenvalue weighted by molar-refractivity contribution is 4.95. The van der Waals surface area contributed by atoms with Crippen molar-refractivity contribution in [1.29, 1.82) is 0 Å². The van der Waals surface area contributed by atoms with Crippen LogP contribution in [0.2, 0.25) is 0 Å². The number of nitrogens with zero attached hydrogens (tertiary/aromatic N) is 2. The Morgan fingerprint density at radius 3 is 2.12 bits per heavy atom. The SMILES string of the molecule is CCN(CC)CCN(C)C1CC2CCC(C1)N2. The molecule has 2 aliphatic heterocycles. The van der Waals surface area contributed by atoms with Gasteiger partial charge >= 0.3 is 0 Å². The van der Waals surface area contributed by atoms with Gasteiger partial charge in [-0.2, -0.15) is 0 Å². The first-order valence-corrected chi connectivity index (χ1v) is 7.41. The summed E-state index contributed by atoms with van der Waals surface area (Å²) in [6.07, 6.45) is 5.55. The summed E-state index contributed by atoms with van der Waals surface area (Å²) in [5.41, 5.74) is 0. The van der Waals surface area contributed by atoms with Crippen LogP contribution in [0.15, 0.2) is 0 Å². The number of hydrogen-bond donors (Lipinski definition) is 1. The third-order valence-corrected chi connectivity index (χ3v) is 4.73. The molecular weight excluding hydrogens is 210 g/mol. The van der Waals surface area contributed by atoms with Gasteiger partial charge in [0.2, 0.25) is 0 Å². The van der Waals surface area contributed by atoms with Crippen LogP contribution in [-0.2, 0) is 0 Å². The van der Waals surface area contributed by atoms with Crippen LogP contribution in [0.4, 0.5) is 0 Å². The fraction of sp³-hybridized carbons (Fsp3) is 1.00. The molecule has 2 atom stereocenters. The molecule has 100 valence electrons. The Morgan fingerprint density at radius 1 is 1.00 bits per heavy atom. The molecule has 2 heterocycles. The number of likely N-dealkylation sites (N-methyl/N-ethyl adjacent to an activating group) is 2. The van der Waals surface area contributed by atoms with Crippen LogP contribution in [-0.4, -0.2) is 61.2 Å². The van der Waals surface area contributed by atoms with E-state index in [1.807, 2.05) is 0 Å². The fourth-order valence-electron chi connectivity index (χ4n) is 3.41. The van der Waals surface area contributed by atoms with Crippen molar-refractivity contribution >= 4 is 0 Å². The van der Waals surface area contributed by atoms with Crippen molar-refractivity contribution in [2.75, 3.05) is 33.2 Å². The summed E-state index contributed by atoms with van der Waals surface area (Å²) < 4.78 is 0. The molecule has 0 spiro atoms. The van der Waals surface area contributed by atoms with Crippen LogP contribution in [0.3, 0.4) is 0 Å². The van der Waals surface area contributed by atoms with Crippen molar-refractivity contribution < 1.29 is 0 Å². The van der Waals surface area contributed by atoms with E-state index in [0.717, 1.165) is 18.1 Å². The smallest absolute Gasteiger partial charge is 0.0122 e. The van der Waals surface area contributed by atoms with Crippen molar-refractivity contribution in [2.45, 2.75) is 57.7 Å². The molecule has 3 nitrogen and oxygen atoms in total. The summed E-state index contributed by atoms with van der Waals surface area (Å²) in [6, 6.07) is 2.45. The van der Waals surface area contributed by atoms with Crippen LogP contribution in [0.25, 0.3) is 0 Å². The molecule has 2 saturated heterocycles. The third kappa shape index (κ3) is 3.43. The highest BCUT2D eigenvalue weighted by atomic mass is 15.2. The first kappa shape index (κ1) is 13.3. The molecular formula is C14H29N3. The van der Waals surface area contributed by atoms with Crippen molar-refractivity contribution in [1.82, 2.24) is 15.1 Å². The van der Waals surface area contributed by atoms with Gasteiger partial charge in [-0.25, -0.2) is 0 Å². The van der Waals surface area contributed by atoms with Gasteiger partial charge in [-0.1, -0.05) is 13.8 Å². The summed E-state index contributed by atoms with van der Waals surface area (Å²) in [4.78, 5) is 5.12.